The highest BCUT2D eigenvalue weighted by Crippen LogP contribution is 2.50. The zero-order valence-electron chi connectivity index (χ0n) is 15.7. The van der Waals surface area contributed by atoms with Gasteiger partial charge >= 0.3 is 0 Å². The first-order valence-electron chi connectivity index (χ1n) is 9.45. The summed E-state index contributed by atoms with van der Waals surface area (Å²) in [5.74, 6) is 0. The Balaban J connectivity index is 1.19. The maximum atomic E-state index is 4.87. The lowest BCUT2D eigenvalue weighted by Crippen LogP contribution is -2.00. The maximum absolute atomic E-state index is 4.87. The number of imidazole rings is 2. The van der Waals surface area contributed by atoms with Crippen molar-refractivity contribution in [1.29, 1.82) is 0 Å². The molecule has 0 saturated heterocycles. The third-order valence-corrected chi connectivity index (χ3v) is 7.36. The van der Waals surface area contributed by atoms with Crippen molar-refractivity contribution in [3.05, 3.63) is 79.1 Å². The smallest absolute Gasteiger partial charge is 0.134 e. The van der Waals surface area contributed by atoms with Crippen LogP contribution in [0, 0.1) is 0 Å². The molecule has 5 aromatic rings. The van der Waals surface area contributed by atoms with Gasteiger partial charge in [-0.25, -0.2) is 15.0 Å². The van der Waals surface area contributed by atoms with Gasteiger partial charge in [0.05, 0.1) is 36.4 Å². The van der Waals surface area contributed by atoms with E-state index in [4.69, 9.17) is 4.98 Å². The lowest BCUT2D eigenvalue weighted by atomic mass is 10.1. The molecule has 0 spiro atoms. The fourth-order valence-electron chi connectivity index (χ4n) is 3.47. The van der Waals surface area contributed by atoms with Gasteiger partial charge in [-0.1, -0.05) is 71.6 Å². The second-order valence-electron chi connectivity index (χ2n) is 6.93. The van der Waals surface area contributed by atoms with E-state index in [9.17, 15) is 0 Å². The molecule has 2 aromatic carbocycles. The number of nitrogens with zero attached hydrogens (tertiary/aromatic N) is 3. The van der Waals surface area contributed by atoms with Gasteiger partial charge in [0.1, 0.15) is 20.4 Å². The maximum Gasteiger partial charge on any atom is 0.134 e. The van der Waals surface area contributed by atoms with Crippen molar-refractivity contribution >= 4 is 28.1 Å². The van der Waals surface area contributed by atoms with E-state index in [1.807, 2.05) is 12.4 Å². The van der Waals surface area contributed by atoms with Crippen LogP contribution in [0.4, 0.5) is 5.00 Å². The van der Waals surface area contributed by atoms with Crippen molar-refractivity contribution in [3.63, 3.8) is 0 Å². The lowest BCUT2D eigenvalue weighted by Gasteiger charge is -2.11. The Morgan fingerprint density at radius 1 is 0.733 bits per heavy atom. The van der Waals surface area contributed by atoms with Crippen LogP contribution in [-0.4, -0.2) is 24.9 Å². The first-order valence-corrected chi connectivity index (χ1v) is 11.1. The average molecular weight is 429 g/mol. The summed E-state index contributed by atoms with van der Waals surface area (Å²) in [5.41, 5.74) is 6.65. The van der Waals surface area contributed by atoms with Crippen LogP contribution in [0.1, 0.15) is 10.9 Å². The minimum atomic E-state index is 0.186. The molecule has 1 aliphatic heterocycles. The molecule has 3 N–H and O–H groups in total. The molecule has 6 nitrogen and oxygen atoms in total. The van der Waals surface area contributed by atoms with Crippen molar-refractivity contribution in [2.24, 2.45) is 0 Å². The van der Waals surface area contributed by atoms with Crippen LogP contribution in [-0.2, 0) is 0 Å². The minimum absolute atomic E-state index is 0.186. The van der Waals surface area contributed by atoms with Crippen LogP contribution < -0.4 is 5.32 Å². The molecule has 1 unspecified atom stereocenters. The van der Waals surface area contributed by atoms with Crippen molar-refractivity contribution < 1.29 is 0 Å². The van der Waals surface area contributed by atoms with Gasteiger partial charge < -0.3 is 15.3 Å². The molecule has 4 heterocycles. The van der Waals surface area contributed by atoms with Gasteiger partial charge in [-0.15, -0.1) is 0 Å². The number of thiazole rings is 1. The summed E-state index contributed by atoms with van der Waals surface area (Å²) in [4.78, 5) is 19.3. The quantitative estimate of drug-likeness (QED) is 0.337. The second kappa shape index (κ2) is 7.16. The molecular weight excluding hydrogens is 412 g/mol. The van der Waals surface area contributed by atoms with E-state index in [1.165, 1.54) is 5.56 Å². The number of rotatable bonds is 4. The molecule has 8 heteroatoms. The monoisotopic (exact) mass is 428 g/mol. The average Bonchev–Trinajstić information content (AvgIpc) is 3.58. The number of benzene rings is 2. The third kappa shape index (κ3) is 3.10. The fraction of sp³-hybridized carbons (Fsp3) is 0.0455. The molecule has 6 rings (SSSR count). The van der Waals surface area contributed by atoms with Crippen molar-refractivity contribution in [2.45, 2.75) is 10.4 Å². The Labute approximate surface area is 180 Å². The predicted octanol–water partition coefficient (Wildman–Crippen LogP) is 5.81. The molecule has 1 aliphatic rings. The molecule has 0 saturated carbocycles. The zero-order valence-corrected chi connectivity index (χ0v) is 17.3. The normalized spacial score (nSPS) is 15.1. The van der Waals surface area contributed by atoms with Crippen LogP contribution in [0.15, 0.2) is 78.6 Å². The first-order chi connectivity index (χ1) is 14.8. The number of H-pyrrole nitrogens is 2. The number of nitrogens with one attached hydrogen (secondary N) is 3. The fourth-order valence-corrected chi connectivity index (χ4v) is 5.77. The highest BCUT2D eigenvalue weighted by Gasteiger charge is 2.27. The Morgan fingerprint density at radius 2 is 1.33 bits per heavy atom. The molecule has 146 valence electrons. The van der Waals surface area contributed by atoms with Crippen molar-refractivity contribution in [1.82, 2.24) is 24.9 Å². The number of aromatic nitrogens is 5. The van der Waals surface area contributed by atoms with E-state index in [0.29, 0.717) is 0 Å². The molecule has 0 fully saturated rings. The highest BCUT2D eigenvalue weighted by molar-refractivity contribution is 8.00. The SMILES string of the molecule is c1ncc(-c2ccc(-c3nc4c(s3)NC(c3ccc(-c5cnc[nH]5)cc3)S4)cc2)[nH]1. The van der Waals surface area contributed by atoms with Gasteiger partial charge in [-0.3, -0.25) is 0 Å². The van der Waals surface area contributed by atoms with Crippen LogP contribution in [0.3, 0.4) is 0 Å². The van der Waals surface area contributed by atoms with Gasteiger partial charge in [-0.2, -0.15) is 0 Å². The molecule has 0 amide bonds. The van der Waals surface area contributed by atoms with E-state index < -0.39 is 0 Å². The van der Waals surface area contributed by atoms with E-state index >= 15 is 0 Å². The highest BCUT2D eigenvalue weighted by atomic mass is 32.2. The zero-order chi connectivity index (χ0) is 19.9. The summed E-state index contributed by atoms with van der Waals surface area (Å²) in [6.07, 6.45) is 7.06. The van der Waals surface area contributed by atoms with E-state index in [-0.39, 0.29) is 5.37 Å². The van der Waals surface area contributed by atoms with E-state index in [1.54, 1.807) is 35.8 Å². The van der Waals surface area contributed by atoms with Crippen LogP contribution in [0.5, 0.6) is 0 Å². The summed E-state index contributed by atoms with van der Waals surface area (Å²) < 4.78 is 0. The Hall–Kier alpha value is -3.36. The minimum Gasteiger partial charge on any atom is -0.359 e. The van der Waals surface area contributed by atoms with Gasteiger partial charge in [-0.05, 0) is 16.7 Å². The number of hydrogen-bond acceptors (Lipinski definition) is 6. The predicted molar refractivity (Wildman–Crippen MR) is 121 cm³/mol. The number of hydrogen-bond donors (Lipinski definition) is 3. The molecular formula is C22H16N6S2. The molecule has 30 heavy (non-hydrogen) atoms. The third-order valence-electron chi connectivity index (χ3n) is 5.05. The van der Waals surface area contributed by atoms with Crippen LogP contribution in [0.2, 0.25) is 0 Å². The molecule has 3 aromatic heterocycles. The summed E-state index contributed by atoms with van der Waals surface area (Å²) in [7, 11) is 0. The molecule has 0 radical (unpaired) electrons. The van der Waals surface area contributed by atoms with Gasteiger partial charge in [0.15, 0.2) is 0 Å². The number of aromatic amines is 2. The van der Waals surface area contributed by atoms with Crippen molar-refractivity contribution in [2.75, 3.05) is 5.32 Å². The summed E-state index contributed by atoms with van der Waals surface area (Å²) in [6, 6.07) is 17.0. The van der Waals surface area contributed by atoms with Gasteiger partial charge in [0.2, 0.25) is 0 Å². The number of fused-ring (bicyclic) bond motifs is 1. The molecule has 1 atom stereocenters. The van der Waals surface area contributed by atoms with Crippen LogP contribution in [0.25, 0.3) is 33.1 Å². The largest absolute Gasteiger partial charge is 0.359 e. The number of anilines is 1. The Morgan fingerprint density at radius 3 is 1.90 bits per heavy atom. The topological polar surface area (TPSA) is 82.3 Å². The first kappa shape index (κ1) is 17.5. The van der Waals surface area contributed by atoms with Gasteiger partial charge in [0, 0.05) is 5.56 Å². The standard InChI is InChI=1S/C22H16N6S2/c1-5-15(6-2-13(1)17-9-23-11-25-17)19-27-21-22(29-19)28-20(30-21)16-7-3-14(4-8-16)18-10-24-12-26-18/h1-12,19,27H,(H,23,25)(H,24,26). The molecule has 0 aliphatic carbocycles. The summed E-state index contributed by atoms with van der Waals surface area (Å²) in [6.45, 7) is 0. The van der Waals surface area contributed by atoms with Gasteiger partial charge in [0.25, 0.3) is 0 Å². The Kier molecular flexibility index (Phi) is 4.17. The van der Waals surface area contributed by atoms with E-state index in [0.717, 1.165) is 43.1 Å². The molecule has 0 bridgehead atoms. The Bertz CT molecular complexity index is 1250. The van der Waals surface area contributed by atoms with Crippen LogP contribution >= 0.6 is 23.1 Å². The van der Waals surface area contributed by atoms with Crippen molar-refractivity contribution in [3.8, 4) is 33.1 Å². The number of thioether (sulfide) groups is 1. The van der Waals surface area contributed by atoms with E-state index in [2.05, 4.69) is 73.8 Å². The summed E-state index contributed by atoms with van der Waals surface area (Å²) in [5, 5.41) is 7.03. The second-order valence-corrected chi connectivity index (χ2v) is 9.02. The lowest BCUT2D eigenvalue weighted by molar-refractivity contribution is 1.14. The summed E-state index contributed by atoms with van der Waals surface area (Å²) >= 11 is 3.47.